The molecule has 1 spiro atoms. The zero-order valence-corrected chi connectivity index (χ0v) is 6.33. The summed E-state index contributed by atoms with van der Waals surface area (Å²) in [5.74, 6) is 0. The molecular formula is C7H18N2. The van der Waals surface area contributed by atoms with E-state index in [1.807, 2.05) is 13.8 Å². The van der Waals surface area contributed by atoms with Gasteiger partial charge in [0, 0.05) is 33.0 Å². The summed E-state index contributed by atoms with van der Waals surface area (Å²) in [5.41, 5.74) is 0.722. The van der Waals surface area contributed by atoms with E-state index in [-0.39, 0.29) is 1.43 Å². The van der Waals surface area contributed by atoms with Crippen LogP contribution in [-0.4, -0.2) is 26.2 Å². The second-order valence-electron chi connectivity index (χ2n) is 2.71. The average Bonchev–Trinajstić information content (AvgIpc) is 1.63. The lowest BCUT2D eigenvalue weighted by molar-refractivity contribution is 0.0895. The Kier molecular flexibility index (Phi) is 2.09. The molecular weight excluding hydrogens is 112 g/mol. The lowest BCUT2D eigenvalue weighted by Crippen LogP contribution is -2.69. The Hall–Kier alpha value is -0.0800. The Labute approximate surface area is 58.5 Å². The second kappa shape index (κ2) is 2.67. The first-order chi connectivity index (χ1) is 4.41. The molecule has 0 aromatic carbocycles. The molecule has 2 heteroatoms. The van der Waals surface area contributed by atoms with E-state index in [4.69, 9.17) is 0 Å². The summed E-state index contributed by atoms with van der Waals surface area (Å²) in [7, 11) is 0. The first-order valence-corrected chi connectivity index (χ1v) is 3.83. The lowest BCUT2D eigenvalue weighted by Gasteiger charge is -2.50. The van der Waals surface area contributed by atoms with Gasteiger partial charge < -0.3 is 10.6 Å². The molecule has 56 valence electrons. The summed E-state index contributed by atoms with van der Waals surface area (Å²) in [6.45, 7) is 9.00. The smallest absolute Gasteiger partial charge is 0.0202 e. The van der Waals surface area contributed by atoms with Crippen molar-refractivity contribution in [2.45, 2.75) is 13.8 Å². The molecule has 0 aromatic heterocycles. The van der Waals surface area contributed by atoms with Crippen LogP contribution in [0.5, 0.6) is 0 Å². The Balaban J connectivity index is 0.000000251. The van der Waals surface area contributed by atoms with E-state index in [2.05, 4.69) is 10.6 Å². The van der Waals surface area contributed by atoms with Crippen LogP contribution in [0.2, 0.25) is 0 Å². The van der Waals surface area contributed by atoms with Gasteiger partial charge in [0.1, 0.15) is 0 Å². The first-order valence-electron chi connectivity index (χ1n) is 3.83. The second-order valence-corrected chi connectivity index (χ2v) is 2.71. The highest BCUT2D eigenvalue weighted by molar-refractivity contribution is 5.01. The predicted molar refractivity (Wildman–Crippen MR) is 41.6 cm³/mol. The van der Waals surface area contributed by atoms with Crippen LogP contribution in [0.15, 0.2) is 0 Å². The maximum atomic E-state index is 3.26. The van der Waals surface area contributed by atoms with Gasteiger partial charge in [0.2, 0.25) is 0 Å². The molecule has 2 heterocycles. The Morgan fingerprint density at radius 2 is 1.33 bits per heavy atom. The molecule has 2 nitrogen and oxygen atoms in total. The predicted octanol–water partition coefficient (Wildman–Crippen LogP) is 0.451. The van der Waals surface area contributed by atoms with Crippen molar-refractivity contribution in [3.05, 3.63) is 0 Å². The van der Waals surface area contributed by atoms with Crippen molar-refractivity contribution in [3.8, 4) is 0 Å². The highest BCUT2D eigenvalue weighted by Crippen LogP contribution is 2.25. The molecule has 0 saturated carbocycles. The van der Waals surface area contributed by atoms with Crippen LogP contribution in [0.1, 0.15) is 15.3 Å². The number of hydrogen-bond donors (Lipinski definition) is 2. The molecule has 9 heavy (non-hydrogen) atoms. The fourth-order valence-electron chi connectivity index (χ4n) is 1.21. The van der Waals surface area contributed by atoms with Gasteiger partial charge in [-0.2, -0.15) is 0 Å². The van der Waals surface area contributed by atoms with Crippen LogP contribution >= 0.6 is 0 Å². The third-order valence-corrected chi connectivity index (χ3v) is 2.00. The fraction of sp³-hybridized carbons (Fsp3) is 1.00. The van der Waals surface area contributed by atoms with Crippen LogP contribution in [0, 0.1) is 5.41 Å². The molecule has 0 bridgehead atoms. The largest absolute Gasteiger partial charge is 0.315 e. The summed E-state index contributed by atoms with van der Waals surface area (Å²) in [5, 5.41) is 6.53. The SMILES string of the molecule is C1NCC12CNC2.CC.[HH]. The number of hydrogen-bond acceptors (Lipinski definition) is 2. The summed E-state index contributed by atoms with van der Waals surface area (Å²) < 4.78 is 0. The molecule has 0 aromatic rings. The van der Waals surface area contributed by atoms with Crippen LogP contribution in [-0.2, 0) is 0 Å². The molecule has 2 saturated heterocycles. The maximum absolute atomic E-state index is 3.26. The molecule has 2 aliphatic rings. The van der Waals surface area contributed by atoms with E-state index in [1.54, 1.807) is 0 Å². The highest BCUT2D eigenvalue weighted by atomic mass is 15.1. The van der Waals surface area contributed by atoms with Gasteiger partial charge in [-0.15, -0.1) is 0 Å². The fourth-order valence-corrected chi connectivity index (χ4v) is 1.21. The molecule has 2 aliphatic heterocycles. The molecule has 0 aliphatic carbocycles. The molecule has 2 rings (SSSR count). The van der Waals surface area contributed by atoms with Crippen LogP contribution in [0.3, 0.4) is 0 Å². The summed E-state index contributed by atoms with van der Waals surface area (Å²) in [6, 6.07) is 0. The minimum atomic E-state index is 0. The van der Waals surface area contributed by atoms with E-state index >= 15 is 0 Å². The van der Waals surface area contributed by atoms with Crippen molar-refractivity contribution in [1.82, 2.24) is 10.6 Å². The minimum absolute atomic E-state index is 0. The van der Waals surface area contributed by atoms with Crippen LogP contribution in [0.25, 0.3) is 0 Å². The van der Waals surface area contributed by atoms with Gasteiger partial charge in [-0.05, 0) is 0 Å². The highest BCUT2D eigenvalue weighted by Gasteiger charge is 2.41. The molecule has 2 fully saturated rings. The van der Waals surface area contributed by atoms with Crippen molar-refractivity contribution in [2.75, 3.05) is 26.2 Å². The van der Waals surface area contributed by atoms with Crippen molar-refractivity contribution >= 4 is 0 Å². The van der Waals surface area contributed by atoms with Crippen molar-refractivity contribution in [2.24, 2.45) is 5.41 Å². The monoisotopic (exact) mass is 130 g/mol. The van der Waals surface area contributed by atoms with E-state index in [1.165, 1.54) is 26.2 Å². The molecule has 2 N–H and O–H groups in total. The van der Waals surface area contributed by atoms with E-state index in [9.17, 15) is 0 Å². The van der Waals surface area contributed by atoms with E-state index in [0.717, 1.165) is 5.41 Å². The van der Waals surface area contributed by atoms with Crippen molar-refractivity contribution in [3.63, 3.8) is 0 Å². The first kappa shape index (κ1) is 7.03. The third kappa shape index (κ3) is 1.10. The summed E-state index contributed by atoms with van der Waals surface area (Å²) in [6.07, 6.45) is 0. The zero-order chi connectivity index (χ0) is 6.74. The Morgan fingerprint density at radius 1 is 1.00 bits per heavy atom. The quantitative estimate of drug-likeness (QED) is 0.497. The minimum Gasteiger partial charge on any atom is -0.315 e. The van der Waals surface area contributed by atoms with Crippen LogP contribution in [0.4, 0.5) is 0 Å². The van der Waals surface area contributed by atoms with Crippen molar-refractivity contribution < 1.29 is 1.43 Å². The Morgan fingerprint density at radius 3 is 1.33 bits per heavy atom. The van der Waals surface area contributed by atoms with E-state index in [0.29, 0.717) is 0 Å². The molecule has 0 unspecified atom stereocenters. The van der Waals surface area contributed by atoms with Gasteiger partial charge in [0.15, 0.2) is 0 Å². The maximum Gasteiger partial charge on any atom is 0.0202 e. The molecule has 0 radical (unpaired) electrons. The van der Waals surface area contributed by atoms with Gasteiger partial charge in [0.05, 0.1) is 0 Å². The topological polar surface area (TPSA) is 24.1 Å². The standard InChI is InChI=1S/C5H10N2.C2H6.H2/c1-5(2-6-1)3-7-4-5;1-2;/h6-7H,1-4H2;1-2H3;1H. The van der Waals surface area contributed by atoms with E-state index < -0.39 is 0 Å². The summed E-state index contributed by atoms with van der Waals surface area (Å²) >= 11 is 0. The molecule has 0 atom stereocenters. The normalized spacial score (nSPS) is 27.3. The third-order valence-electron chi connectivity index (χ3n) is 2.00. The average molecular weight is 130 g/mol. The lowest BCUT2D eigenvalue weighted by atomic mass is 9.76. The van der Waals surface area contributed by atoms with Crippen LogP contribution < -0.4 is 10.6 Å². The number of nitrogens with one attached hydrogen (secondary N) is 2. The Bertz CT molecular complexity index is 72.1. The van der Waals surface area contributed by atoms with Gasteiger partial charge in [-0.1, -0.05) is 13.8 Å². The van der Waals surface area contributed by atoms with Crippen molar-refractivity contribution in [1.29, 1.82) is 0 Å². The number of rotatable bonds is 0. The van der Waals surface area contributed by atoms with Gasteiger partial charge in [-0.3, -0.25) is 0 Å². The summed E-state index contributed by atoms with van der Waals surface area (Å²) in [4.78, 5) is 0. The van der Waals surface area contributed by atoms with Gasteiger partial charge in [0.25, 0.3) is 0 Å². The zero-order valence-electron chi connectivity index (χ0n) is 6.33. The van der Waals surface area contributed by atoms with Gasteiger partial charge >= 0.3 is 0 Å². The molecule has 0 amide bonds. The van der Waals surface area contributed by atoms with Gasteiger partial charge in [-0.25, -0.2) is 0 Å².